The predicted molar refractivity (Wildman–Crippen MR) is 125 cm³/mol. The highest BCUT2D eigenvalue weighted by molar-refractivity contribution is 5.80. The highest BCUT2D eigenvalue weighted by Crippen LogP contribution is 2.28. The van der Waals surface area contributed by atoms with E-state index < -0.39 is 0 Å². The number of nitrogens with one attached hydrogen (secondary N) is 2. The average molecular weight is 426 g/mol. The Morgan fingerprint density at radius 3 is 2.65 bits per heavy atom. The van der Waals surface area contributed by atoms with E-state index in [1.165, 1.54) is 42.4 Å². The molecule has 3 rings (SSSR count). The van der Waals surface area contributed by atoms with Crippen LogP contribution in [0.15, 0.2) is 41.4 Å². The van der Waals surface area contributed by atoms with Crippen molar-refractivity contribution in [3.8, 4) is 11.5 Å². The van der Waals surface area contributed by atoms with Crippen LogP contribution in [0.5, 0.6) is 11.5 Å². The third-order valence-corrected chi connectivity index (χ3v) is 5.57. The lowest BCUT2D eigenvalue weighted by Crippen LogP contribution is -2.38. The van der Waals surface area contributed by atoms with Crippen LogP contribution in [0.2, 0.25) is 0 Å². The van der Waals surface area contributed by atoms with Gasteiger partial charge < -0.3 is 25.2 Å². The largest absolute Gasteiger partial charge is 0.493 e. The van der Waals surface area contributed by atoms with Gasteiger partial charge in [-0.1, -0.05) is 24.3 Å². The molecule has 168 valence electrons. The van der Waals surface area contributed by atoms with Gasteiger partial charge in [-0.2, -0.15) is 0 Å². The fourth-order valence-corrected chi connectivity index (χ4v) is 3.89. The quantitative estimate of drug-likeness (QED) is 0.421. The van der Waals surface area contributed by atoms with Crippen molar-refractivity contribution in [3.05, 3.63) is 58.7 Å². The highest BCUT2D eigenvalue weighted by atomic mass is 16.5. The van der Waals surface area contributed by atoms with Crippen molar-refractivity contribution in [1.82, 2.24) is 10.6 Å². The normalized spacial score (nSPS) is 14.5. The molecule has 31 heavy (non-hydrogen) atoms. The summed E-state index contributed by atoms with van der Waals surface area (Å²) in [5.41, 5.74) is 5.31. The topological polar surface area (TPSA) is 75.1 Å². The number of benzene rings is 2. The SMILES string of the molecule is CCNC(=NCc1ccc(OCCO)c(OC)c1)NC(C)c1ccc2c(c1)CCCC2. The molecule has 0 radical (unpaired) electrons. The maximum absolute atomic E-state index is 8.96. The van der Waals surface area contributed by atoms with Gasteiger partial charge in [-0.25, -0.2) is 4.99 Å². The van der Waals surface area contributed by atoms with E-state index in [-0.39, 0.29) is 19.3 Å². The summed E-state index contributed by atoms with van der Waals surface area (Å²) in [5.74, 6) is 2.05. The van der Waals surface area contributed by atoms with Crippen molar-refractivity contribution in [2.75, 3.05) is 26.9 Å². The van der Waals surface area contributed by atoms with Crippen LogP contribution in [0, 0.1) is 0 Å². The Bertz CT molecular complexity index is 882. The zero-order valence-electron chi connectivity index (χ0n) is 18.9. The number of aryl methyl sites for hydroxylation is 2. The molecular formula is C25H35N3O3. The molecule has 2 aromatic carbocycles. The van der Waals surface area contributed by atoms with E-state index >= 15 is 0 Å². The van der Waals surface area contributed by atoms with Gasteiger partial charge in [0.25, 0.3) is 0 Å². The first kappa shape index (κ1) is 22.9. The van der Waals surface area contributed by atoms with Crippen molar-refractivity contribution >= 4 is 5.96 Å². The third-order valence-electron chi connectivity index (χ3n) is 5.57. The monoisotopic (exact) mass is 425 g/mol. The Balaban J connectivity index is 1.68. The van der Waals surface area contributed by atoms with Gasteiger partial charge >= 0.3 is 0 Å². The lowest BCUT2D eigenvalue weighted by Gasteiger charge is -2.21. The van der Waals surface area contributed by atoms with Crippen molar-refractivity contribution in [2.24, 2.45) is 4.99 Å². The number of aliphatic hydroxyl groups excluding tert-OH is 1. The molecule has 0 fully saturated rings. The predicted octanol–water partition coefficient (Wildman–Crippen LogP) is 3.76. The van der Waals surface area contributed by atoms with Gasteiger partial charge in [0.1, 0.15) is 6.61 Å². The zero-order chi connectivity index (χ0) is 22.1. The third kappa shape index (κ3) is 6.37. The summed E-state index contributed by atoms with van der Waals surface area (Å²) in [4.78, 5) is 4.76. The first-order chi connectivity index (χ1) is 15.1. The Labute approximate surface area is 185 Å². The van der Waals surface area contributed by atoms with E-state index in [9.17, 15) is 0 Å². The second-order valence-electron chi connectivity index (χ2n) is 7.85. The summed E-state index contributed by atoms with van der Waals surface area (Å²) in [7, 11) is 1.61. The number of guanidine groups is 1. The van der Waals surface area contributed by atoms with E-state index in [0.717, 1.165) is 18.1 Å². The van der Waals surface area contributed by atoms with E-state index in [1.807, 2.05) is 18.2 Å². The van der Waals surface area contributed by atoms with Gasteiger partial charge in [0.2, 0.25) is 0 Å². The average Bonchev–Trinajstić information content (AvgIpc) is 2.81. The highest BCUT2D eigenvalue weighted by Gasteiger charge is 2.13. The Morgan fingerprint density at radius 1 is 1.10 bits per heavy atom. The molecule has 6 heteroatoms. The van der Waals surface area contributed by atoms with Crippen LogP contribution in [-0.2, 0) is 19.4 Å². The number of nitrogens with zero attached hydrogens (tertiary/aromatic N) is 1. The van der Waals surface area contributed by atoms with Crippen LogP contribution >= 0.6 is 0 Å². The van der Waals surface area contributed by atoms with E-state index in [1.54, 1.807) is 7.11 Å². The molecule has 0 aromatic heterocycles. The first-order valence-electron chi connectivity index (χ1n) is 11.2. The van der Waals surface area contributed by atoms with Gasteiger partial charge in [0.05, 0.1) is 26.3 Å². The molecule has 0 spiro atoms. The molecule has 0 amide bonds. The fourth-order valence-electron chi connectivity index (χ4n) is 3.89. The molecule has 6 nitrogen and oxygen atoms in total. The van der Waals surface area contributed by atoms with Crippen LogP contribution in [0.4, 0.5) is 0 Å². The smallest absolute Gasteiger partial charge is 0.192 e. The number of ether oxygens (including phenoxy) is 2. The Kier molecular flexibility index (Phi) is 8.59. The Hall–Kier alpha value is -2.73. The molecule has 0 aliphatic heterocycles. The summed E-state index contributed by atoms with van der Waals surface area (Å²) < 4.78 is 10.9. The number of aliphatic imine (C=N–C) groups is 1. The van der Waals surface area contributed by atoms with Crippen molar-refractivity contribution in [3.63, 3.8) is 0 Å². The standard InChI is InChI=1S/C25H35N3O3/c1-4-26-25(27-17-19-9-12-23(31-14-13-29)24(15-19)30-3)28-18(2)21-11-10-20-7-5-6-8-22(20)16-21/h9-12,15-16,18,29H,4-8,13-14,17H2,1-3H3,(H2,26,27,28). The minimum absolute atomic E-state index is 0.0324. The lowest BCUT2D eigenvalue weighted by molar-refractivity contribution is 0.196. The molecule has 0 heterocycles. The first-order valence-corrected chi connectivity index (χ1v) is 11.2. The molecule has 2 aromatic rings. The van der Waals surface area contributed by atoms with Crippen LogP contribution in [0.25, 0.3) is 0 Å². The molecule has 1 unspecified atom stereocenters. The second-order valence-corrected chi connectivity index (χ2v) is 7.85. The van der Waals surface area contributed by atoms with E-state index in [0.29, 0.717) is 18.0 Å². The zero-order valence-corrected chi connectivity index (χ0v) is 18.9. The van der Waals surface area contributed by atoms with Gasteiger partial charge in [0.15, 0.2) is 17.5 Å². The summed E-state index contributed by atoms with van der Waals surface area (Å²) in [5, 5.41) is 15.8. The molecule has 0 saturated carbocycles. The summed E-state index contributed by atoms with van der Waals surface area (Å²) in [6, 6.07) is 12.8. The molecular weight excluding hydrogens is 390 g/mol. The van der Waals surface area contributed by atoms with E-state index in [2.05, 4.69) is 42.7 Å². The number of fused-ring (bicyclic) bond motifs is 1. The maximum atomic E-state index is 8.96. The van der Waals surface area contributed by atoms with Crippen LogP contribution in [-0.4, -0.2) is 37.9 Å². The van der Waals surface area contributed by atoms with Gasteiger partial charge in [-0.3, -0.25) is 0 Å². The molecule has 1 aliphatic rings. The summed E-state index contributed by atoms with van der Waals surface area (Å²) in [6.07, 6.45) is 4.98. The van der Waals surface area contributed by atoms with Crippen LogP contribution in [0.1, 0.15) is 55.0 Å². The van der Waals surface area contributed by atoms with Gasteiger partial charge in [-0.15, -0.1) is 0 Å². The molecule has 3 N–H and O–H groups in total. The summed E-state index contributed by atoms with van der Waals surface area (Å²) >= 11 is 0. The second kappa shape index (κ2) is 11.6. The van der Waals surface area contributed by atoms with Crippen molar-refractivity contribution in [2.45, 2.75) is 52.1 Å². The molecule has 0 bridgehead atoms. The van der Waals surface area contributed by atoms with Gasteiger partial charge in [0, 0.05) is 6.54 Å². The number of hydrogen-bond acceptors (Lipinski definition) is 4. The van der Waals surface area contributed by atoms with Gasteiger partial charge in [-0.05, 0) is 73.9 Å². The lowest BCUT2D eigenvalue weighted by atomic mass is 9.89. The van der Waals surface area contributed by atoms with Crippen molar-refractivity contribution in [1.29, 1.82) is 0 Å². The maximum Gasteiger partial charge on any atom is 0.192 e. The molecule has 0 saturated heterocycles. The minimum Gasteiger partial charge on any atom is -0.493 e. The van der Waals surface area contributed by atoms with Crippen LogP contribution < -0.4 is 20.1 Å². The number of methoxy groups -OCH3 is 1. The molecule has 1 atom stereocenters. The number of rotatable bonds is 9. The van der Waals surface area contributed by atoms with Crippen molar-refractivity contribution < 1.29 is 14.6 Å². The minimum atomic E-state index is -0.0324. The Morgan fingerprint density at radius 2 is 1.90 bits per heavy atom. The fraction of sp³-hybridized carbons (Fsp3) is 0.480. The molecule has 1 aliphatic carbocycles. The number of aliphatic hydroxyl groups is 1. The number of hydrogen-bond donors (Lipinski definition) is 3. The van der Waals surface area contributed by atoms with Crippen LogP contribution in [0.3, 0.4) is 0 Å². The van der Waals surface area contributed by atoms with E-state index in [4.69, 9.17) is 19.6 Å². The summed E-state index contributed by atoms with van der Waals surface area (Å²) in [6.45, 7) is 5.76.